The van der Waals surface area contributed by atoms with E-state index in [1.165, 1.54) is 29.8 Å². The lowest BCUT2D eigenvalue weighted by atomic mass is 10.2. The van der Waals surface area contributed by atoms with Gasteiger partial charge in [-0.2, -0.15) is 11.8 Å². The molecular weight excluding hydrogens is 270 g/mol. The van der Waals surface area contributed by atoms with Gasteiger partial charge in [0.25, 0.3) is 0 Å². The van der Waals surface area contributed by atoms with Gasteiger partial charge in [0.1, 0.15) is 0 Å². The van der Waals surface area contributed by atoms with Crippen LogP contribution >= 0.6 is 27.7 Å². The van der Waals surface area contributed by atoms with Crippen LogP contribution in [0.3, 0.4) is 0 Å². The molecule has 0 aliphatic heterocycles. The molecule has 84 valence electrons. The molecule has 0 heterocycles. The average molecular weight is 288 g/mol. The predicted molar refractivity (Wildman–Crippen MR) is 75.0 cm³/mol. The number of hydrogen-bond donors (Lipinski definition) is 1. The third-order valence-electron chi connectivity index (χ3n) is 2.15. The summed E-state index contributed by atoms with van der Waals surface area (Å²) in [5, 5.41) is 3.45. The molecule has 1 nitrogen and oxygen atoms in total. The van der Waals surface area contributed by atoms with Crippen molar-refractivity contribution in [2.45, 2.75) is 19.8 Å². The smallest absolute Gasteiger partial charge is 0.0354 e. The molecule has 0 fully saturated rings. The standard InChI is InChI=1S/C12H18BrNS/c1-10-7-11(13)9-12(8-10)14-5-3-4-6-15-2/h7-9,14H,3-6H2,1-2H3. The van der Waals surface area contributed by atoms with Crippen LogP contribution in [-0.2, 0) is 0 Å². The van der Waals surface area contributed by atoms with Gasteiger partial charge in [0, 0.05) is 16.7 Å². The van der Waals surface area contributed by atoms with E-state index in [1.807, 2.05) is 11.8 Å². The summed E-state index contributed by atoms with van der Waals surface area (Å²) in [6, 6.07) is 6.43. The van der Waals surface area contributed by atoms with Crippen LogP contribution in [0.2, 0.25) is 0 Å². The number of benzene rings is 1. The highest BCUT2D eigenvalue weighted by atomic mass is 79.9. The van der Waals surface area contributed by atoms with Gasteiger partial charge in [-0.05, 0) is 55.5 Å². The number of unbranched alkanes of at least 4 members (excludes halogenated alkanes) is 1. The highest BCUT2D eigenvalue weighted by Crippen LogP contribution is 2.19. The molecule has 1 rings (SSSR count). The van der Waals surface area contributed by atoms with Crippen LogP contribution in [0.1, 0.15) is 18.4 Å². The maximum atomic E-state index is 3.50. The molecule has 0 radical (unpaired) electrons. The fraction of sp³-hybridized carbons (Fsp3) is 0.500. The molecule has 1 N–H and O–H groups in total. The van der Waals surface area contributed by atoms with E-state index in [4.69, 9.17) is 0 Å². The first-order chi connectivity index (χ1) is 7.22. The first-order valence-corrected chi connectivity index (χ1v) is 7.41. The van der Waals surface area contributed by atoms with E-state index in [-0.39, 0.29) is 0 Å². The molecule has 0 unspecified atom stereocenters. The highest BCUT2D eigenvalue weighted by Gasteiger charge is 1.95. The molecule has 0 saturated carbocycles. The summed E-state index contributed by atoms with van der Waals surface area (Å²) in [6.07, 6.45) is 4.69. The SMILES string of the molecule is CSCCCCNc1cc(C)cc(Br)c1. The van der Waals surface area contributed by atoms with Crippen molar-refractivity contribution in [2.24, 2.45) is 0 Å². The lowest BCUT2D eigenvalue weighted by Crippen LogP contribution is -2.02. The minimum atomic E-state index is 1.07. The Kier molecular flexibility index (Phi) is 6.18. The van der Waals surface area contributed by atoms with E-state index in [9.17, 15) is 0 Å². The zero-order valence-electron chi connectivity index (χ0n) is 9.35. The molecular formula is C12H18BrNS. The van der Waals surface area contributed by atoms with Crippen molar-refractivity contribution in [3.63, 3.8) is 0 Å². The zero-order valence-corrected chi connectivity index (χ0v) is 11.7. The number of aryl methyl sites for hydroxylation is 1. The van der Waals surface area contributed by atoms with Gasteiger partial charge in [0.05, 0.1) is 0 Å². The number of thioether (sulfide) groups is 1. The molecule has 0 amide bonds. The Bertz CT molecular complexity index is 281. The molecule has 0 saturated heterocycles. The number of hydrogen-bond acceptors (Lipinski definition) is 2. The Morgan fingerprint density at radius 3 is 2.73 bits per heavy atom. The van der Waals surface area contributed by atoms with E-state index < -0.39 is 0 Å². The summed E-state index contributed by atoms with van der Waals surface area (Å²) in [4.78, 5) is 0. The van der Waals surface area contributed by atoms with E-state index in [2.05, 4.69) is 52.6 Å². The minimum absolute atomic E-state index is 1.07. The van der Waals surface area contributed by atoms with Crippen LogP contribution in [0.5, 0.6) is 0 Å². The lowest BCUT2D eigenvalue weighted by molar-refractivity contribution is 0.843. The number of rotatable bonds is 6. The van der Waals surface area contributed by atoms with Gasteiger partial charge in [-0.25, -0.2) is 0 Å². The molecule has 1 aromatic carbocycles. The third kappa shape index (κ3) is 5.47. The second-order valence-electron chi connectivity index (χ2n) is 3.64. The zero-order chi connectivity index (χ0) is 11.1. The van der Waals surface area contributed by atoms with Crippen LogP contribution in [-0.4, -0.2) is 18.6 Å². The number of halogens is 1. The highest BCUT2D eigenvalue weighted by molar-refractivity contribution is 9.10. The quantitative estimate of drug-likeness (QED) is 0.783. The number of nitrogens with one attached hydrogen (secondary N) is 1. The van der Waals surface area contributed by atoms with Crippen molar-refractivity contribution in [2.75, 3.05) is 23.9 Å². The summed E-state index contributed by atoms with van der Waals surface area (Å²) >= 11 is 5.42. The third-order valence-corrected chi connectivity index (χ3v) is 3.30. The first-order valence-electron chi connectivity index (χ1n) is 5.22. The molecule has 3 heteroatoms. The molecule has 0 spiro atoms. The molecule has 0 aromatic heterocycles. The lowest BCUT2D eigenvalue weighted by Gasteiger charge is -2.07. The second-order valence-corrected chi connectivity index (χ2v) is 5.55. The Morgan fingerprint density at radius 1 is 1.27 bits per heavy atom. The van der Waals surface area contributed by atoms with Crippen molar-refractivity contribution in [3.8, 4) is 0 Å². The summed E-state index contributed by atoms with van der Waals surface area (Å²) < 4.78 is 1.15. The molecule has 0 atom stereocenters. The molecule has 0 aliphatic rings. The normalized spacial score (nSPS) is 10.3. The summed E-state index contributed by atoms with van der Waals surface area (Å²) in [5.41, 5.74) is 2.50. The number of anilines is 1. The molecule has 0 bridgehead atoms. The first kappa shape index (κ1) is 12.9. The Labute approximate surface area is 105 Å². The van der Waals surface area contributed by atoms with Crippen molar-refractivity contribution >= 4 is 33.4 Å². The summed E-state index contributed by atoms with van der Waals surface area (Å²) in [6.45, 7) is 3.18. The Hall–Kier alpha value is -0.150. The fourth-order valence-corrected chi connectivity index (χ4v) is 2.54. The van der Waals surface area contributed by atoms with Crippen molar-refractivity contribution in [1.82, 2.24) is 0 Å². The topological polar surface area (TPSA) is 12.0 Å². The Balaban J connectivity index is 2.31. The van der Waals surface area contributed by atoms with Crippen LogP contribution < -0.4 is 5.32 Å². The van der Waals surface area contributed by atoms with Gasteiger partial charge in [-0.1, -0.05) is 15.9 Å². The molecule has 1 aromatic rings. The van der Waals surface area contributed by atoms with Crippen LogP contribution in [0.15, 0.2) is 22.7 Å². The van der Waals surface area contributed by atoms with Crippen molar-refractivity contribution in [3.05, 3.63) is 28.2 Å². The van der Waals surface area contributed by atoms with Crippen LogP contribution in [0.25, 0.3) is 0 Å². The van der Waals surface area contributed by atoms with Crippen molar-refractivity contribution < 1.29 is 0 Å². The fourth-order valence-electron chi connectivity index (χ4n) is 1.44. The monoisotopic (exact) mass is 287 g/mol. The summed E-state index contributed by atoms with van der Waals surface area (Å²) in [7, 11) is 0. The van der Waals surface area contributed by atoms with Gasteiger partial charge < -0.3 is 5.32 Å². The van der Waals surface area contributed by atoms with Crippen LogP contribution in [0.4, 0.5) is 5.69 Å². The maximum Gasteiger partial charge on any atom is 0.0354 e. The molecule has 0 aliphatic carbocycles. The van der Waals surface area contributed by atoms with Gasteiger partial charge >= 0.3 is 0 Å². The molecule has 15 heavy (non-hydrogen) atoms. The van der Waals surface area contributed by atoms with Crippen molar-refractivity contribution in [1.29, 1.82) is 0 Å². The van der Waals surface area contributed by atoms with Crippen LogP contribution in [0, 0.1) is 6.92 Å². The van der Waals surface area contributed by atoms with E-state index in [1.54, 1.807) is 0 Å². The second kappa shape index (κ2) is 7.18. The Morgan fingerprint density at radius 2 is 2.07 bits per heavy atom. The van der Waals surface area contributed by atoms with E-state index >= 15 is 0 Å². The average Bonchev–Trinajstić information content (AvgIpc) is 2.16. The van der Waals surface area contributed by atoms with Gasteiger partial charge in [-0.15, -0.1) is 0 Å². The van der Waals surface area contributed by atoms with Gasteiger partial charge in [0.15, 0.2) is 0 Å². The van der Waals surface area contributed by atoms with Gasteiger partial charge in [-0.3, -0.25) is 0 Å². The predicted octanol–water partition coefficient (Wildman–Crippen LogP) is 4.31. The van der Waals surface area contributed by atoms with E-state index in [0.29, 0.717) is 0 Å². The largest absolute Gasteiger partial charge is 0.385 e. The minimum Gasteiger partial charge on any atom is -0.385 e. The van der Waals surface area contributed by atoms with Gasteiger partial charge in [0.2, 0.25) is 0 Å². The maximum absolute atomic E-state index is 3.50. The van der Waals surface area contributed by atoms with E-state index in [0.717, 1.165) is 11.0 Å². The summed E-state index contributed by atoms with van der Waals surface area (Å²) in [5.74, 6) is 1.26.